The Labute approximate surface area is 68.4 Å². The van der Waals surface area contributed by atoms with Crippen LogP contribution in [0.15, 0.2) is 24.3 Å². The lowest BCUT2D eigenvalue weighted by Crippen LogP contribution is -1.99. The fourth-order valence-corrected chi connectivity index (χ4v) is 1.19. The largest absolute Gasteiger partial charge is 0.385 e. The van der Waals surface area contributed by atoms with Crippen LogP contribution in [0.1, 0.15) is 19.4 Å². The zero-order valence-electron chi connectivity index (χ0n) is 7.22. The lowest BCUT2D eigenvalue weighted by atomic mass is 10.1. The van der Waals surface area contributed by atoms with Crippen molar-refractivity contribution in [3.05, 3.63) is 29.8 Å². The summed E-state index contributed by atoms with van der Waals surface area (Å²) in [6.45, 7) is 5.29. The van der Waals surface area contributed by atoms with Crippen LogP contribution < -0.4 is 5.32 Å². The van der Waals surface area contributed by atoms with Crippen LogP contribution in [-0.4, -0.2) is 6.54 Å². The number of aryl methyl sites for hydroxylation is 1. The van der Waals surface area contributed by atoms with E-state index in [4.69, 9.17) is 0 Å². The maximum atomic E-state index is 3.33. The molecule has 0 bridgehead atoms. The molecular weight excluding hydrogens is 134 g/mol. The summed E-state index contributed by atoms with van der Waals surface area (Å²) in [5, 5.41) is 3.33. The zero-order chi connectivity index (χ0) is 8.10. The number of anilines is 1. The van der Waals surface area contributed by atoms with E-state index in [-0.39, 0.29) is 0 Å². The number of benzene rings is 1. The Morgan fingerprint density at radius 2 is 1.91 bits per heavy atom. The first-order chi connectivity index (χ1) is 5.38. The van der Waals surface area contributed by atoms with Gasteiger partial charge in [0.25, 0.3) is 0 Å². The highest BCUT2D eigenvalue weighted by Gasteiger charge is 1.95. The molecule has 0 amide bonds. The van der Waals surface area contributed by atoms with Crippen molar-refractivity contribution in [1.29, 1.82) is 0 Å². The minimum atomic E-state index is 0.997. The van der Waals surface area contributed by atoms with Crippen LogP contribution in [0.5, 0.6) is 0 Å². The lowest BCUT2D eigenvalue weighted by Gasteiger charge is -2.07. The predicted molar refractivity (Wildman–Crippen MR) is 50.0 cm³/mol. The van der Waals surface area contributed by atoms with Crippen molar-refractivity contribution in [2.45, 2.75) is 20.3 Å². The molecule has 0 aliphatic heterocycles. The summed E-state index contributed by atoms with van der Waals surface area (Å²) in [5.41, 5.74) is 2.67. The van der Waals surface area contributed by atoms with Gasteiger partial charge in [0, 0.05) is 12.2 Å². The third-order valence-electron chi connectivity index (χ3n) is 1.77. The van der Waals surface area contributed by atoms with Crippen LogP contribution in [0.2, 0.25) is 0 Å². The van der Waals surface area contributed by atoms with Crippen LogP contribution in [0.3, 0.4) is 0 Å². The predicted octanol–water partition coefficient (Wildman–Crippen LogP) is 2.68. The van der Waals surface area contributed by atoms with Gasteiger partial charge in [-0.05, 0) is 25.0 Å². The molecule has 1 aromatic rings. The van der Waals surface area contributed by atoms with Crippen molar-refractivity contribution in [2.75, 3.05) is 11.9 Å². The Hall–Kier alpha value is -0.980. The first kappa shape index (κ1) is 8.12. The minimum Gasteiger partial charge on any atom is -0.385 e. The van der Waals surface area contributed by atoms with Crippen LogP contribution in [0.25, 0.3) is 0 Å². The van der Waals surface area contributed by atoms with Crippen LogP contribution in [0.4, 0.5) is 5.69 Å². The summed E-state index contributed by atoms with van der Waals surface area (Å²) < 4.78 is 0. The summed E-state index contributed by atoms with van der Waals surface area (Å²) in [7, 11) is 0. The Morgan fingerprint density at radius 1 is 1.18 bits per heavy atom. The molecular formula is C10H15N. The molecule has 0 unspecified atom stereocenters. The molecule has 0 saturated carbocycles. The summed E-state index contributed by atoms with van der Waals surface area (Å²) in [6.07, 6.45) is 1.10. The van der Waals surface area contributed by atoms with Gasteiger partial charge in [0.05, 0.1) is 0 Å². The number of nitrogens with one attached hydrogen (secondary N) is 1. The van der Waals surface area contributed by atoms with Crippen LogP contribution in [0, 0.1) is 0 Å². The van der Waals surface area contributed by atoms with E-state index >= 15 is 0 Å². The zero-order valence-corrected chi connectivity index (χ0v) is 7.22. The molecule has 1 rings (SSSR count). The molecule has 1 aromatic carbocycles. The minimum absolute atomic E-state index is 0.997. The molecule has 0 heterocycles. The van der Waals surface area contributed by atoms with Gasteiger partial charge in [-0.3, -0.25) is 0 Å². The average molecular weight is 149 g/mol. The first-order valence-electron chi connectivity index (χ1n) is 4.20. The second-order valence-electron chi connectivity index (χ2n) is 2.54. The lowest BCUT2D eigenvalue weighted by molar-refractivity contribution is 1.11. The molecule has 0 spiro atoms. The fourth-order valence-electron chi connectivity index (χ4n) is 1.19. The van der Waals surface area contributed by atoms with E-state index in [1.54, 1.807) is 0 Å². The Morgan fingerprint density at radius 3 is 2.55 bits per heavy atom. The van der Waals surface area contributed by atoms with Crippen molar-refractivity contribution in [3.63, 3.8) is 0 Å². The maximum absolute atomic E-state index is 3.33. The van der Waals surface area contributed by atoms with E-state index in [1.807, 2.05) is 0 Å². The van der Waals surface area contributed by atoms with E-state index in [0.29, 0.717) is 0 Å². The monoisotopic (exact) mass is 149 g/mol. The highest BCUT2D eigenvalue weighted by Crippen LogP contribution is 2.14. The Balaban J connectivity index is 2.83. The van der Waals surface area contributed by atoms with E-state index in [2.05, 4.69) is 43.4 Å². The highest BCUT2D eigenvalue weighted by molar-refractivity contribution is 5.50. The second kappa shape index (κ2) is 4.02. The smallest absolute Gasteiger partial charge is 0.0372 e. The molecule has 0 saturated heterocycles. The Bertz CT molecular complexity index is 218. The SMILES string of the molecule is CCNc1ccccc1CC. The molecule has 0 radical (unpaired) electrons. The van der Waals surface area contributed by atoms with Crippen molar-refractivity contribution < 1.29 is 0 Å². The van der Waals surface area contributed by atoms with Gasteiger partial charge in [-0.15, -0.1) is 0 Å². The van der Waals surface area contributed by atoms with Gasteiger partial charge in [-0.1, -0.05) is 25.1 Å². The fraction of sp³-hybridized carbons (Fsp3) is 0.400. The van der Waals surface area contributed by atoms with Gasteiger partial charge in [-0.2, -0.15) is 0 Å². The average Bonchev–Trinajstić information content (AvgIpc) is 2.06. The molecule has 1 N–H and O–H groups in total. The summed E-state index contributed by atoms with van der Waals surface area (Å²) in [4.78, 5) is 0. The van der Waals surface area contributed by atoms with E-state index in [1.165, 1.54) is 11.3 Å². The normalized spacial score (nSPS) is 9.64. The quantitative estimate of drug-likeness (QED) is 0.696. The van der Waals surface area contributed by atoms with Crippen molar-refractivity contribution >= 4 is 5.69 Å². The van der Waals surface area contributed by atoms with E-state index in [0.717, 1.165) is 13.0 Å². The third kappa shape index (κ3) is 1.97. The molecule has 60 valence electrons. The molecule has 1 heteroatoms. The van der Waals surface area contributed by atoms with Crippen LogP contribution >= 0.6 is 0 Å². The third-order valence-corrected chi connectivity index (χ3v) is 1.77. The summed E-state index contributed by atoms with van der Waals surface area (Å²) >= 11 is 0. The first-order valence-corrected chi connectivity index (χ1v) is 4.20. The summed E-state index contributed by atoms with van der Waals surface area (Å²) in [6, 6.07) is 8.44. The van der Waals surface area contributed by atoms with Crippen molar-refractivity contribution in [2.24, 2.45) is 0 Å². The van der Waals surface area contributed by atoms with Gasteiger partial charge >= 0.3 is 0 Å². The van der Waals surface area contributed by atoms with Gasteiger partial charge in [0.15, 0.2) is 0 Å². The maximum Gasteiger partial charge on any atom is 0.0372 e. The van der Waals surface area contributed by atoms with Crippen LogP contribution in [-0.2, 0) is 6.42 Å². The molecule has 0 atom stereocenters. The molecule has 0 aromatic heterocycles. The highest BCUT2D eigenvalue weighted by atomic mass is 14.9. The Kier molecular flexibility index (Phi) is 2.96. The van der Waals surface area contributed by atoms with E-state index < -0.39 is 0 Å². The number of hydrogen-bond acceptors (Lipinski definition) is 1. The number of para-hydroxylation sites is 1. The summed E-state index contributed by atoms with van der Waals surface area (Å²) in [5.74, 6) is 0. The van der Waals surface area contributed by atoms with Gasteiger partial charge in [0.2, 0.25) is 0 Å². The molecule has 0 aliphatic carbocycles. The van der Waals surface area contributed by atoms with Crippen molar-refractivity contribution in [3.8, 4) is 0 Å². The van der Waals surface area contributed by atoms with Gasteiger partial charge in [0.1, 0.15) is 0 Å². The van der Waals surface area contributed by atoms with Crippen molar-refractivity contribution in [1.82, 2.24) is 0 Å². The van der Waals surface area contributed by atoms with Gasteiger partial charge in [-0.25, -0.2) is 0 Å². The topological polar surface area (TPSA) is 12.0 Å². The second-order valence-corrected chi connectivity index (χ2v) is 2.54. The standard InChI is InChI=1S/C10H15N/c1-3-9-7-5-6-8-10(9)11-4-2/h5-8,11H,3-4H2,1-2H3. The molecule has 11 heavy (non-hydrogen) atoms. The molecule has 0 aliphatic rings. The number of hydrogen-bond donors (Lipinski definition) is 1. The van der Waals surface area contributed by atoms with Gasteiger partial charge < -0.3 is 5.32 Å². The molecule has 0 fully saturated rings. The van der Waals surface area contributed by atoms with E-state index in [9.17, 15) is 0 Å². The molecule has 1 nitrogen and oxygen atoms in total. The number of rotatable bonds is 3.